The molecule has 0 saturated heterocycles. The maximum absolute atomic E-state index is 2.69. The average molecular weight is 304 g/mol. The van der Waals surface area contributed by atoms with Crippen LogP contribution in [-0.2, 0) is 17.1 Å². The van der Waals surface area contributed by atoms with Crippen molar-refractivity contribution in [1.82, 2.24) is 0 Å². The van der Waals surface area contributed by atoms with Crippen LogP contribution < -0.4 is 0 Å². The zero-order valence-electron chi connectivity index (χ0n) is 12.2. The molecule has 4 aliphatic rings. The minimum absolute atomic E-state index is 0.570. The van der Waals surface area contributed by atoms with Gasteiger partial charge in [-0.05, 0) is 0 Å². The van der Waals surface area contributed by atoms with Gasteiger partial charge in [0.15, 0.2) is 0 Å². The van der Waals surface area contributed by atoms with Crippen LogP contribution in [0.3, 0.4) is 0 Å². The average Bonchev–Trinajstić information content (AvgIpc) is 3.16. The molecule has 4 bridgehead atoms. The van der Waals surface area contributed by atoms with Crippen molar-refractivity contribution in [3.8, 4) is 0 Å². The summed E-state index contributed by atoms with van der Waals surface area (Å²) in [5.41, 5.74) is 3.46. The molecule has 0 nitrogen and oxygen atoms in total. The molecule has 2 fully saturated rings. The van der Waals surface area contributed by atoms with Gasteiger partial charge in [-0.15, -0.1) is 0 Å². The molecule has 2 saturated carbocycles. The molecule has 0 heterocycles. The summed E-state index contributed by atoms with van der Waals surface area (Å²) in [5.74, 6) is 3.64. The molecule has 0 amide bonds. The van der Waals surface area contributed by atoms with Gasteiger partial charge in [-0.25, -0.2) is 0 Å². The summed E-state index contributed by atoms with van der Waals surface area (Å²) in [7, 11) is 0. The Kier molecular flexibility index (Phi) is 2.96. The van der Waals surface area contributed by atoms with Gasteiger partial charge in [0.2, 0.25) is 0 Å². The molecule has 4 atom stereocenters. The van der Waals surface area contributed by atoms with E-state index in [-0.39, 0.29) is 0 Å². The molecule has 0 aromatic rings. The van der Waals surface area contributed by atoms with Gasteiger partial charge in [0.05, 0.1) is 0 Å². The number of hydrogen-bond donors (Lipinski definition) is 0. The van der Waals surface area contributed by atoms with Gasteiger partial charge in [0, 0.05) is 0 Å². The van der Waals surface area contributed by atoms with Crippen LogP contribution in [0.25, 0.3) is 0 Å². The molecule has 0 aromatic carbocycles. The molecule has 0 aliphatic heterocycles. The van der Waals surface area contributed by atoms with Gasteiger partial charge in [-0.2, -0.15) is 0 Å². The summed E-state index contributed by atoms with van der Waals surface area (Å²) in [6, 6.07) is 0. The molecule has 19 heavy (non-hydrogen) atoms. The van der Waals surface area contributed by atoms with Gasteiger partial charge < -0.3 is 0 Å². The van der Waals surface area contributed by atoms with E-state index in [1.54, 1.807) is 11.1 Å². The van der Waals surface area contributed by atoms with Gasteiger partial charge in [-0.1, -0.05) is 0 Å². The first-order chi connectivity index (χ1) is 9.28. The molecule has 96 valence electrons. The zero-order valence-corrected chi connectivity index (χ0v) is 15.1. The summed E-state index contributed by atoms with van der Waals surface area (Å²) < 4.78 is 3.92. The summed E-state index contributed by atoms with van der Waals surface area (Å²) >= 11 is -0.570. The predicted octanol–water partition coefficient (Wildman–Crippen LogP) is 4.81. The Morgan fingerprint density at radius 3 is 1.68 bits per heavy atom. The minimum atomic E-state index is -0.570. The Bertz CT molecular complexity index is 484. The predicted molar refractivity (Wildman–Crippen MR) is 76.1 cm³/mol. The number of rotatable bonds is 2. The number of allylic oxidation sites excluding steroid dienone is 8. The monoisotopic (exact) mass is 302 g/mol. The summed E-state index contributed by atoms with van der Waals surface area (Å²) in [5, 5.41) is 0. The number of hydrogen-bond acceptors (Lipinski definition) is 0. The fraction of sp³-hybridized carbons (Fsp3) is 0.556. The van der Waals surface area contributed by atoms with E-state index in [2.05, 4.69) is 38.2 Å². The summed E-state index contributed by atoms with van der Waals surface area (Å²) in [4.78, 5) is 0. The van der Waals surface area contributed by atoms with E-state index in [1.165, 1.54) is 25.7 Å². The standard InChI is InChI=1S/2C9H11.Zn/c2*1-2-8-5-7-3-4-9(8)6-7;/h2*2,4,7,9H,5-6H2,1H3;. The van der Waals surface area contributed by atoms with Gasteiger partial charge in [0.25, 0.3) is 0 Å². The van der Waals surface area contributed by atoms with Crippen molar-refractivity contribution in [2.75, 3.05) is 0 Å². The van der Waals surface area contributed by atoms with E-state index >= 15 is 0 Å². The molecule has 0 radical (unpaired) electrons. The second kappa shape index (κ2) is 4.55. The molecular weight excluding hydrogens is 282 g/mol. The van der Waals surface area contributed by atoms with E-state index in [0.717, 1.165) is 23.7 Å². The van der Waals surface area contributed by atoms with E-state index in [0.29, 0.717) is 0 Å². The molecule has 4 aliphatic carbocycles. The first-order valence-corrected chi connectivity index (χ1v) is 11.0. The van der Waals surface area contributed by atoms with Gasteiger partial charge in [0.1, 0.15) is 0 Å². The van der Waals surface area contributed by atoms with E-state index in [1.807, 2.05) is 8.33 Å². The van der Waals surface area contributed by atoms with Crippen molar-refractivity contribution >= 4 is 0 Å². The van der Waals surface area contributed by atoms with Crippen molar-refractivity contribution in [3.63, 3.8) is 0 Å². The van der Waals surface area contributed by atoms with Crippen molar-refractivity contribution < 1.29 is 17.1 Å². The van der Waals surface area contributed by atoms with Crippen LogP contribution in [0, 0.1) is 23.7 Å². The normalized spacial score (nSPS) is 43.1. The Hall–Kier alpha value is -0.417. The molecule has 4 unspecified atom stereocenters. The van der Waals surface area contributed by atoms with Crippen molar-refractivity contribution in [1.29, 1.82) is 0 Å². The quantitative estimate of drug-likeness (QED) is 0.507. The Balaban J connectivity index is 1.51. The fourth-order valence-corrected chi connectivity index (χ4v) is 10.2. The van der Waals surface area contributed by atoms with E-state index < -0.39 is 17.1 Å². The van der Waals surface area contributed by atoms with Crippen LogP contribution in [0.2, 0.25) is 0 Å². The molecule has 0 spiro atoms. The van der Waals surface area contributed by atoms with Crippen LogP contribution in [0.5, 0.6) is 0 Å². The Labute approximate surface area is 124 Å². The second-order valence-corrected chi connectivity index (χ2v) is 11.0. The fourth-order valence-electron chi connectivity index (χ4n) is 4.96. The van der Waals surface area contributed by atoms with Crippen LogP contribution in [0.4, 0.5) is 0 Å². The molecule has 0 aromatic heterocycles. The summed E-state index contributed by atoms with van der Waals surface area (Å²) in [6.45, 7) is 4.45. The summed E-state index contributed by atoms with van der Waals surface area (Å²) in [6.07, 6.45) is 15.9. The molecular formula is C18H22Zn. The third-order valence-electron chi connectivity index (χ3n) is 6.02. The van der Waals surface area contributed by atoms with E-state index in [9.17, 15) is 0 Å². The Morgan fingerprint density at radius 1 is 0.895 bits per heavy atom. The zero-order chi connectivity index (χ0) is 13.0. The first-order valence-electron chi connectivity index (χ1n) is 7.99. The number of fused-ring (bicyclic) bond motifs is 4. The maximum atomic E-state index is 2.69. The second-order valence-electron chi connectivity index (χ2n) is 6.87. The SMILES string of the molecule is CC=C1CC2CC1C=[C]2[Zn][C]1=CC2CC1CC2=CC. The third kappa shape index (κ3) is 1.89. The Morgan fingerprint density at radius 2 is 1.37 bits per heavy atom. The van der Waals surface area contributed by atoms with Crippen LogP contribution in [-0.4, -0.2) is 0 Å². The molecule has 0 N–H and O–H groups in total. The third-order valence-corrected chi connectivity index (χ3v) is 11.1. The van der Waals surface area contributed by atoms with Gasteiger partial charge >= 0.3 is 124 Å². The van der Waals surface area contributed by atoms with E-state index in [4.69, 9.17) is 0 Å². The molecule has 4 rings (SSSR count). The first kappa shape index (κ1) is 12.3. The van der Waals surface area contributed by atoms with Gasteiger partial charge in [-0.3, -0.25) is 0 Å². The van der Waals surface area contributed by atoms with Crippen LogP contribution in [0.1, 0.15) is 39.5 Å². The molecule has 1 heteroatoms. The van der Waals surface area contributed by atoms with Crippen LogP contribution >= 0.6 is 0 Å². The van der Waals surface area contributed by atoms with Crippen molar-refractivity contribution in [3.05, 3.63) is 43.8 Å². The topological polar surface area (TPSA) is 0 Å². The van der Waals surface area contributed by atoms with Crippen molar-refractivity contribution in [2.45, 2.75) is 39.5 Å². The van der Waals surface area contributed by atoms with Crippen LogP contribution in [0.15, 0.2) is 43.8 Å². The van der Waals surface area contributed by atoms with Crippen molar-refractivity contribution in [2.24, 2.45) is 23.7 Å².